The van der Waals surface area contributed by atoms with Gasteiger partial charge in [0.1, 0.15) is 0 Å². The van der Waals surface area contributed by atoms with E-state index in [0.29, 0.717) is 0 Å². The molecule has 0 atom stereocenters. The predicted octanol–water partition coefficient (Wildman–Crippen LogP) is 23.4. The molecule has 0 unspecified atom stereocenters. The van der Waals surface area contributed by atoms with Gasteiger partial charge in [-0.15, -0.1) is 44.8 Å². The number of benzene rings is 14. The van der Waals surface area contributed by atoms with Gasteiger partial charge in [0.05, 0.1) is 0 Å². The van der Waals surface area contributed by atoms with Crippen LogP contribution in [0, 0.1) is 14.9 Å². The Kier molecular flexibility index (Phi) is 16.0. The monoisotopic (exact) mass is 1170 g/mol. The van der Waals surface area contributed by atoms with Crippen LogP contribution in [-0.2, 0) is 36.2 Å². The van der Waals surface area contributed by atoms with Crippen LogP contribution in [0.5, 0.6) is 0 Å². The molecule has 16 aromatic rings. The molecular formula is C82H64SiZr-4. The second-order valence-corrected chi connectivity index (χ2v) is 22.0. The summed E-state index contributed by atoms with van der Waals surface area (Å²) in [6, 6.07) is 99.4. The Hall–Kier alpha value is -8.52. The van der Waals surface area contributed by atoms with Crippen molar-refractivity contribution in [3.8, 4) is 44.5 Å². The van der Waals surface area contributed by atoms with Gasteiger partial charge in [-0.2, -0.15) is 12.1 Å². The molecule has 16 aromatic carbocycles. The minimum atomic E-state index is 0. The number of fused-ring (bicyclic) bond motifs is 10. The molecule has 0 spiro atoms. The number of hydrogen-bond donors (Lipinski definition) is 0. The summed E-state index contributed by atoms with van der Waals surface area (Å²) >= 11 is 1.36. The second-order valence-electron chi connectivity index (χ2n) is 22.0. The Balaban J connectivity index is 0.000000157. The van der Waals surface area contributed by atoms with Crippen molar-refractivity contribution < 1.29 is 23.3 Å². The molecule has 0 bridgehead atoms. The summed E-state index contributed by atoms with van der Waals surface area (Å²) in [5, 5.41) is 26.1. The first-order valence-electron chi connectivity index (χ1n) is 28.9. The average Bonchev–Trinajstić information content (AvgIpc) is 3.95. The van der Waals surface area contributed by atoms with Crippen molar-refractivity contribution in [2.75, 3.05) is 0 Å². The topological polar surface area (TPSA) is 0 Å². The fraction of sp³-hybridized carbons (Fsp3) is 0.0732. The normalized spacial score (nSPS) is 11.3. The molecule has 0 nitrogen and oxygen atoms in total. The molecule has 16 rings (SSSR count). The van der Waals surface area contributed by atoms with Crippen LogP contribution >= 0.6 is 0 Å². The molecule has 0 aromatic heterocycles. The molecule has 0 aliphatic heterocycles. The molecule has 0 fully saturated rings. The van der Waals surface area contributed by atoms with Gasteiger partial charge in [0.15, 0.2) is 0 Å². The molecule has 404 valence electrons. The van der Waals surface area contributed by atoms with Crippen LogP contribution in [0.25, 0.3) is 152 Å². The molecule has 0 aliphatic rings. The summed E-state index contributed by atoms with van der Waals surface area (Å²) in [7, 11) is 0. The third-order valence-electron chi connectivity index (χ3n) is 17.1. The van der Waals surface area contributed by atoms with E-state index in [4.69, 9.17) is 0 Å². The summed E-state index contributed by atoms with van der Waals surface area (Å²) < 4.78 is 0. The maximum absolute atomic E-state index is 3.06. The zero-order valence-electron chi connectivity index (χ0n) is 48.2. The van der Waals surface area contributed by atoms with E-state index in [1.54, 1.807) is 0 Å². The van der Waals surface area contributed by atoms with Crippen molar-refractivity contribution in [1.82, 2.24) is 0 Å². The van der Waals surface area contributed by atoms with Crippen molar-refractivity contribution in [3.05, 3.63) is 293 Å². The van der Waals surface area contributed by atoms with Crippen molar-refractivity contribution in [1.29, 1.82) is 0 Å². The standard InChI is InChI=1S/2C40H29.2CH3.Si.Zr/c2*1-2-11-26-22-37-35(39-31-16-7-3-12-27(31)24-28-13-4-8-17-32(28)39)20-21-36(38(37)23-26)40-33-18-9-5-14-29(33)25-30-15-6-10-19-34(30)40;;;;/h2*3-10,12-25H,2,11H2,1H3;2*1H3;;/q4*-1;;. The van der Waals surface area contributed by atoms with Gasteiger partial charge < -0.3 is 14.9 Å². The zero-order valence-corrected chi connectivity index (χ0v) is 51.7. The van der Waals surface area contributed by atoms with E-state index in [2.05, 4.69) is 288 Å². The molecule has 0 N–H and O–H groups in total. The van der Waals surface area contributed by atoms with Gasteiger partial charge >= 0.3 is 30.2 Å². The molecule has 0 aliphatic carbocycles. The Morgan fingerprint density at radius 3 is 0.690 bits per heavy atom. The fourth-order valence-corrected chi connectivity index (χ4v) is 13.7. The Morgan fingerprint density at radius 2 is 0.464 bits per heavy atom. The van der Waals surface area contributed by atoms with Crippen LogP contribution in [0.3, 0.4) is 0 Å². The predicted molar refractivity (Wildman–Crippen MR) is 367 cm³/mol. The van der Waals surface area contributed by atoms with Gasteiger partial charge in [-0.25, -0.2) is 0 Å². The van der Waals surface area contributed by atoms with Gasteiger partial charge in [-0.05, 0) is 146 Å². The van der Waals surface area contributed by atoms with Crippen LogP contribution in [0.2, 0.25) is 0 Å². The van der Waals surface area contributed by atoms with Gasteiger partial charge in [0.2, 0.25) is 0 Å². The molecule has 0 saturated heterocycles. The summed E-state index contributed by atoms with van der Waals surface area (Å²) in [6.45, 7) is 7.61. The van der Waals surface area contributed by atoms with E-state index < -0.39 is 0 Å². The van der Waals surface area contributed by atoms with Gasteiger partial charge in [0.25, 0.3) is 0 Å². The summed E-state index contributed by atoms with van der Waals surface area (Å²) in [6.07, 6.45) is 4.44. The molecular weight excluding hydrogens is 1100 g/mol. The van der Waals surface area contributed by atoms with Gasteiger partial charge in [-0.3, -0.25) is 0 Å². The van der Waals surface area contributed by atoms with Crippen molar-refractivity contribution in [2.24, 2.45) is 0 Å². The molecule has 2 radical (unpaired) electrons. The van der Waals surface area contributed by atoms with Crippen molar-refractivity contribution in [3.63, 3.8) is 0 Å². The maximum atomic E-state index is 3.06. The molecule has 2 heteroatoms. The summed E-state index contributed by atoms with van der Waals surface area (Å²) in [5.41, 5.74) is 13.4. The van der Waals surface area contributed by atoms with Gasteiger partial charge in [0, 0.05) is 0 Å². The zero-order chi connectivity index (χ0) is 55.3. The summed E-state index contributed by atoms with van der Waals surface area (Å²) in [4.78, 5) is 0. The van der Waals surface area contributed by atoms with Crippen LogP contribution in [0.15, 0.2) is 267 Å². The SMILES string of the molecule is CCCc1cc2c(-c3c4ccccc4cc4ccccc34)ccc(-c3c4ccccc4cc4ccccc34)c2[cH-]1.CCCc1cc2c(-c3c4ccccc4cc4ccccc34)ccc(-c3c4ccccc4cc4ccccc34)c2[cH-]1.[CH3-].[CH3-].[Si]=[Zr]. The van der Waals surface area contributed by atoms with E-state index in [1.807, 2.05) is 0 Å². The van der Waals surface area contributed by atoms with E-state index in [1.165, 1.54) is 187 Å². The van der Waals surface area contributed by atoms with E-state index >= 15 is 0 Å². The number of rotatable bonds is 8. The molecule has 84 heavy (non-hydrogen) atoms. The number of aryl methyl sites for hydroxylation is 2. The first-order valence-corrected chi connectivity index (χ1v) is 33.1. The van der Waals surface area contributed by atoms with Crippen molar-refractivity contribution in [2.45, 2.75) is 39.5 Å². The minimum absolute atomic E-state index is 0. The average molecular weight is 1170 g/mol. The van der Waals surface area contributed by atoms with E-state index in [0.717, 1.165) is 25.7 Å². The Morgan fingerprint density at radius 1 is 0.262 bits per heavy atom. The second kappa shape index (κ2) is 24.0. The molecule has 0 saturated carbocycles. The third kappa shape index (κ3) is 9.70. The summed E-state index contributed by atoms with van der Waals surface area (Å²) in [5.74, 6) is 0. The number of hydrogen-bond acceptors (Lipinski definition) is 0. The fourth-order valence-electron chi connectivity index (χ4n) is 13.7. The van der Waals surface area contributed by atoms with Crippen LogP contribution < -0.4 is 0 Å². The van der Waals surface area contributed by atoms with E-state index in [9.17, 15) is 0 Å². The third-order valence-corrected chi connectivity index (χ3v) is 17.1. The van der Waals surface area contributed by atoms with Crippen LogP contribution in [0.4, 0.5) is 0 Å². The Bertz CT molecular complexity index is 4280. The van der Waals surface area contributed by atoms with Crippen LogP contribution in [-0.4, -0.2) is 6.88 Å². The Labute approximate surface area is 511 Å². The first kappa shape index (κ1) is 56.0. The quantitative estimate of drug-likeness (QED) is 0.0808. The van der Waals surface area contributed by atoms with Gasteiger partial charge in [-0.1, -0.05) is 267 Å². The van der Waals surface area contributed by atoms with Crippen molar-refractivity contribution >= 4 is 115 Å². The van der Waals surface area contributed by atoms with Crippen LogP contribution in [0.1, 0.15) is 37.8 Å². The first-order chi connectivity index (χ1) is 40.6. The molecule has 0 amide bonds. The van der Waals surface area contributed by atoms with E-state index in [-0.39, 0.29) is 14.9 Å². The molecule has 0 heterocycles.